The number of hydrogen-bond donors (Lipinski definition) is 1. The minimum absolute atomic E-state index is 0.00518. The second-order valence-electron chi connectivity index (χ2n) is 8.28. The summed E-state index contributed by atoms with van der Waals surface area (Å²) in [4.78, 5) is 31.5. The second-order valence-corrected chi connectivity index (χ2v) is 8.28. The largest absolute Gasteiger partial charge is 0.383 e. The molecule has 1 N–H and O–H groups in total. The van der Waals surface area contributed by atoms with E-state index in [1.165, 1.54) is 0 Å². The summed E-state index contributed by atoms with van der Waals surface area (Å²) in [7, 11) is 3.91. The zero-order valence-electron chi connectivity index (χ0n) is 17.3. The van der Waals surface area contributed by atoms with Gasteiger partial charge in [-0.3, -0.25) is 9.59 Å². The summed E-state index contributed by atoms with van der Waals surface area (Å²) < 4.78 is 0. The maximum Gasteiger partial charge on any atom is 0.254 e. The number of nitrogens with zero attached hydrogens (tertiary/aromatic N) is 3. The van der Waals surface area contributed by atoms with Crippen molar-refractivity contribution in [3.63, 3.8) is 0 Å². The van der Waals surface area contributed by atoms with Crippen LogP contribution in [0, 0.1) is 5.92 Å². The number of anilines is 1. The Morgan fingerprint density at radius 3 is 2.57 bits per heavy atom. The van der Waals surface area contributed by atoms with Gasteiger partial charge in [0, 0.05) is 51.0 Å². The number of carbonyl (C=O) groups is 2. The van der Waals surface area contributed by atoms with E-state index in [4.69, 9.17) is 0 Å². The average Bonchev–Trinajstić information content (AvgIpc) is 3.26. The number of carbonyl (C=O) groups excluding carboxylic acids is 2. The average molecular weight is 388 g/mol. The minimum atomic E-state index is -0.893. The van der Waals surface area contributed by atoms with Crippen LogP contribution >= 0.6 is 0 Å². The number of piperazine rings is 1. The molecule has 2 fully saturated rings. The molecular formula is C22H33N3O3. The highest BCUT2D eigenvalue weighted by atomic mass is 16.3. The van der Waals surface area contributed by atoms with Crippen LogP contribution in [0.3, 0.4) is 0 Å². The molecule has 28 heavy (non-hydrogen) atoms. The molecule has 1 saturated heterocycles. The maximum atomic E-state index is 13.0. The lowest BCUT2D eigenvalue weighted by Gasteiger charge is -2.42. The lowest BCUT2D eigenvalue weighted by molar-refractivity contribution is -0.147. The molecule has 154 valence electrons. The van der Waals surface area contributed by atoms with Crippen LogP contribution in [0.25, 0.3) is 0 Å². The van der Waals surface area contributed by atoms with Crippen molar-refractivity contribution in [1.29, 1.82) is 0 Å². The highest BCUT2D eigenvalue weighted by Gasteiger charge is 2.37. The summed E-state index contributed by atoms with van der Waals surface area (Å²) in [6, 6.07) is 7.59. The van der Waals surface area contributed by atoms with Gasteiger partial charge >= 0.3 is 0 Å². The van der Waals surface area contributed by atoms with Crippen LogP contribution in [0.5, 0.6) is 0 Å². The highest BCUT2D eigenvalue weighted by molar-refractivity contribution is 5.95. The molecule has 1 saturated carbocycles. The van der Waals surface area contributed by atoms with E-state index in [2.05, 4.69) is 0 Å². The molecule has 1 aromatic rings. The molecule has 0 bridgehead atoms. The smallest absolute Gasteiger partial charge is 0.254 e. The van der Waals surface area contributed by atoms with Gasteiger partial charge in [0.2, 0.25) is 0 Å². The second kappa shape index (κ2) is 8.95. The van der Waals surface area contributed by atoms with Gasteiger partial charge in [0.1, 0.15) is 6.10 Å². The number of aliphatic hydroxyl groups excluding tert-OH is 1. The van der Waals surface area contributed by atoms with Gasteiger partial charge in [-0.25, -0.2) is 0 Å². The van der Waals surface area contributed by atoms with Crippen LogP contribution in [0.1, 0.15) is 49.4 Å². The molecule has 1 aliphatic carbocycles. The molecular weight excluding hydrogens is 354 g/mol. The molecule has 1 aliphatic heterocycles. The predicted octanol–water partition coefficient (Wildman–Crippen LogP) is 2.37. The molecule has 6 heteroatoms. The van der Waals surface area contributed by atoms with Crippen LogP contribution in [-0.2, 0) is 4.79 Å². The first-order valence-corrected chi connectivity index (χ1v) is 10.5. The molecule has 2 atom stereocenters. The van der Waals surface area contributed by atoms with Crippen LogP contribution in [0.15, 0.2) is 24.3 Å². The van der Waals surface area contributed by atoms with Crippen LogP contribution in [0.2, 0.25) is 0 Å². The SMILES string of the molecule is CCC1CN(C(=O)c2cccc(N(C)C)c2)CCN1C(=O)[C@H](O)C1CCCC1. The summed E-state index contributed by atoms with van der Waals surface area (Å²) >= 11 is 0. The Labute approximate surface area is 168 Å². The van der Waals surface area contributed by atoms with Crippen molar-refractivity contribution in [2.75, 3.05) is 38.6 Å². The number of hydrogen-bond acceptors (Lipinski definition) is 4. The number of benzene rings is 1. The molecule has 1 aromatic carbocycles. The first-order valence-electron chi connectivity index (χ1n) is 10.5. The van der Waals surface area contributed by atoms with Gasteiger partial charge in [0.15, 0.2) is 0 Å². The summed E-state index contributed by atoms with van der Waals surface area (Å²) in [6.45, 7) is 3.54. The minimum Gasteiger partial charge on any atom is -0.383 e. The Hall–Kier alpha value is -2.08. The van der Waals surface area contributed by atoms with Gasteiger partial charge in [0.25, 0.3) is 11.8 Å². The molecule has 1 heterocycles. The molecule has 2 aliphatic rings. The summed E-state index contributed by atoms with van der Waals surface area (Å²) in [5.74, 6) is -0.0514. The quantitative estimate of drug-likeness (QED) is 0.842. The van der Waals surface area contributed by atoms with Crippen LogP contribution in [-0.4, -0.2) is 72.6 Å². The summed E-state index contributed by atoms with van der Waals surface area (Å²) in [5, 5.41) is 10.5. The van der Waals surface area contributed by atoms with Crippen LogP contribution in [0.4, 0.5) is 5.69 Å². The third kappa shape index (κ3) is 4.32. The normalized spacial score (nSPS) is 21.6. The zero-order chi connectivity index (χ0) is 20.3. The number of amides is 2. The summed E-state index contributed by atoms with van der Waals surface area (Å²) in [6.07, 6.45) is 3.94. The summed E-state index contributed by atoms with van der Waals surface area (Å²) in [5.41, 5.74) is 1.67. The van der Waals surface area contributed by atoms with E-state index in [0.29, 0.717) is 25.2 Å². The van der Waals surface area contributed by atoms with E-state index in [1.54, 1.807) is 0 Å². The monoisotopic (exact) mass is 387 g/mol. The topological polar surface area (TPSA) is 64.1 Å². The maximum absolute atomic E-state index is 13.0. The van der Waals surface area contributed by atoms with Crippen molar-refractivity contribution < 1.29 is 14.7 Å². The van der Waals surface area contributed by atoms with Crippen LogP contribution < -0.4 is 4.90 Å². The Morgan fingerprint density at radius 1 is 1.21 bits per heavy atom. The van der Waals surface area contributed by atoms with E-state index in [0.717, 1.165) is 37.8 Å². The fourth-order valence-corrected chi connectivity index (χ4v) is 4.42. The highest BCUT2D eigenvalue weighted by Crippen LogP contribution is 2.29. The van der Waals surface area contributed by atoms with Crippen molar-refractivity contribution in [3.8, 4) is 0 Å². The van der Waals surface area contributed by atoms with Crippen molar-refractivity contribution in [3.05, 3.63) is 29.8 Å². The van der Waals surface area contributed by atoms with Gasteiger partial charge in [-0.05, 0) is 43.4 Å². The van der Waals surface area contributed by atoms with Crippen molar-refractivity contribution >= 4 is 17.5 Å². The van der Waals surface area contributed by atoms with Gasteiger partial charge < -0.3 is 19.8 Å². The van der Waals surface area contributed by atoms with E-state index in [9.17, 15) is 14.7 Å². The van der Waals surface area contributed by atoms with E-state index in [1.807, 2.05) is 60.0 Å². The van der Waals surface area contributed by atoms with Gasteiger partial charge in [0.05, 0.1) is 0 Å². The van der Waals surface area contributed by atoms with Crippen molar-refractivity contribution in [1.82, 2.24) is 9.80 Å². The fraction of sp³-hybridized carbons (Fsp3) is 0.636. The molecule has 0 aromatic heterocycles. The molecule has 0 spiro atoms. The number of aliphatic hydroxyl groups is 1. The van der Waals surface area contributed by atoms with E-state index >= 15 is 0 Å². The van der Waals surface area contributed by atoms with Crippen molar-refractivity contribution in [2.45, 2.75) is 51.2 Å². The molecule has 3 rings (SSSR count). The third-order valence-corrected chi connectivity index (χ3v) is 6.23. The number of rotatable bonds is 5. The zero-order valence-corrected chi connectivity index (χ0v) is 17.3. The Morgan fingerprint density at radius 2 is 1.93 bits per heavy atom. The van der Waals surface area contributed by atoms with E-state index < -0.39 is 6.10 Å². The first-order chi connectivity index (χ1) is 13.4. The fourth-order valence-electron chi connectivity index (χ4n) is 4.42. The standard InChI is InChI=1S/C22H33N3O3/c1-4-18-15-24(21(27)17-10-7-11-19(14-17)23(2)3)12-13-25(18)22(28)20(26)16-8-5-6-9-16/h7,10-11,14,16,18,20,26H,4-6,8-9,12-13,15H2,1-3H3/t18?,20-/m1/s1. The Bertz CT molecular complexity index is 700. The van der Waals surface area contributed by atoms with Gasteiger partial charge in [-0.2, -0.15) is 0 Å². The lowest BCUT2D eigenvalue weighted by Crippen LogP contribution is -2.58. The predicted molar refractivity (Wildman–Crippen MR) is 110 cm³/mol. The molecule has 0 radical (unpaired) electrons. The molecule has 2 amide bonds. The van der Waals surface area contributed by atoms with Gasteiger partial charge in [-0.1, -0.05) is 25.8 Å². The van der Waals surface area contributed by atoms with Gasteiger partial charge in [-0.15, -0.1) is 0 Å². The Balaban J connectivity index is 1.67. The first kappa shape index (κ1) is 20.6. The lowest BCUT2D eigenvalue weighted by atomic mass is 9.98. The van der Waals surface area contributed by atoms with Crippen molar-refractivity contribution in [2.24, 2.45) is 5.92 Å². The molecule has 1 unspecified atom stereocenters. The molecule has 6 nitrogen and oxygen atoms in total. The Kier molecular flexibility index (Phi) is 6.60. The van der Waals surface area contributed by atoms with E-state index in [-0.39, 0.29) is 23.8 Å². The third-order valence-electron chi connectivity index (χ3n) is 6.23.